The molecular formula is C27H27NO5. The standard InChI is InChI=1S/C27H27NO5/c1-16-19(10-11-26(30)28-13-12-17-6-8-18(29)9-7-17)27(31)33-24-15-25-22(14-21(16)24)20-4-2-3-5-23(20)32-25/h6-9,14-15,29H,2-5,10-13H2,1H3,(H,28,30). The largest absolute Gasteiger partial charge is 0.508 e. The monoisotopic (exact) mass is 445 g/mol. The van der Waals surface area contributed by atoms with Gasteiger partial charge in [0.2, 0.25) is 5.91 Å². The highest BCUT2D eigenvalue weighted by atomic mass is 16.4. The zero-order valence-corrected chi connectivity index (χ0v) is 18.7. The molecule has 0 unspecified atom stereocenters. The lowest BCUT2D eigenvalue weighted by atomic mass is 9.94. The van der Waals surface area contributed by atoms with Gasteiger partial charge in [0.25, 0.3) is 0 Å². The quantitative estimate of drug-likeness (QED) is 0.419. The molecule has 33 heavy (non-hydrogen) atoms. The van der Waals surface area contributed by atoms with E-state index in [1.807, 2.05) is 25.1 Å². The van der Waals surface area contributed by atoms with E-state index in [2.05, 4.69) is 11.4 Å². The van der Waals surface area contributed by atoms with Gasteiger partial charge in [0, 0.05) is 47.4 Å². The Kier molecular flexibility index (Phi) is 5.67. The first-order valence-corrected chi connectivity index (χ1v) is 11.5. The molecule has 2 N–H and O–H groups in total. The van der Waals surface area contributed by atoms with Gasteiger partial charge in [-0.2, -0.15) is 0 Å². The van der Waals surface area contributed by atoms with E-state index in [0.29, 0.717) is 30.5 Å². The fourth-order valence-corrected chi connectivity index (χ4v) is 4.77. The van der Waals surface area contributed by atoms with E-state index in [1.54, 1.807) is 12.1 Å². The molecule has 0 saturated heterocycles. The van der Waals surface area contributed by atoms with Gasteiger partial charge in [-0.25, -0.2) is 4.79 Å². The third kappa shape index (κ3) is 4.25. The van der Waals surface area contributed by atoms with Crippen molar-refractivity contribution in [3.05, 3.63) is 74.8 Å². The smallest absolute Gasteiger partial charge is 0.339 e. The van der Waals surface area contributed by atoms with Crippen molar-refractivity contribution in [2.24, 2.45) is 0 Å². The Balaban J connectivity index is 1.31. The van der Waals surface area contributed by atoms with Crippen molar-refractivity contribution >= 4 is 27.8 Å². The second kappa shape index (κ2) is 8.77. The molecule has 170 valence electrons. The summed E-state index contributed by atoms with van der Waals surface area (Å²) in [5.41, 5.74) is 4.63. The Morgan fingerprint density at radius 3 is 2.58 bits per heavy atom. The molecule has 0 spiro atoms. The van der Waals surface area contributed by atoms with Crippen LogP contribution in [-0.4, -0.2) is 17.6 Å². The predicted octanol–water partition coefficient (Wildman–Crippen LogP) is 4.72. The minimum Gasteiger partial charge on any atom is -0.508 e. The lowest BCUT2D eigenvalue weighted by Gasteiger charge is -2.10. The van der Waals surface area contributed by atoms with Gasteiger partial charge in [0.1, 0.15) is 22.7 Å². The van der Waals surface area contributed by atoms with Gasteiger partial charge < -0.3 is 19.3 Å². The minimum absolute atomic E-state index is 0.105. The number of aryl methyl sites for hydroxylation is 3. The summed E-state index contributed by atoms with van der Waals surface area (Å²) in [6.07, 6.45) is 5.50. The number of rotatable bonds is 6. The van der Waals surface area contributed by atoms with Gasteiger partial charge in [-0.05, 0) is 68.4 Å². The maximum absolute atomic E-state index is 12.7. The van der Waals surface area contributed by atoms with E-state index in [0.717, 1.165) is 58.9 Å². The van der Waals surface area contributed by atoms with Crippen LogP contribution in [0.1, 0.15) is 47.3 Å². The number of phenolic OH excluding ortho intramolecular Hbond substituents is 1. The van der Waals surface area contributed by atoms with E-state index < -0.39 is 5.63 Å². The summed E-state index contributed by atoms with van der Waals surface area (Å²) in [6, 6.07) is 10.8. The molecule has 6 nitrogen and oxygen atoms in total. The van der Waals surface area contributed by atoms with Crippen molar-refractivity contribution in [2.45, 2.75) is 51.9 Å². The Labute approximate surface area is 191 Å². The summed E-state index contributed by atoms with van der Waals surface area (Å²) >= 11 is 0. The second-order valence-corrected chi connectivity index (χ2v) is 8.81. The van der Waals surface area contributed by atoms with Gasteiger partial charge >= 0.3 is 5.63 Å². The van der Waals surface area contributed by atoms with Crippen molar-refractivity contribution in [3.63, 3.8) is 0 Å². The molecule has 1 amide bonds. The van der Waals surface area contributed by atoms with Gasteiger partial charge in [0.15, 0.2) is 0 Å². The predicted molar refractivity (Wildman–Crippen MR) is 127 cm³/mol. The molecule has 5 rings (SSSR count). The molecule has 1 aliphatic rings. The SMILES string of the molecule is Cc1c(CCC(=O)NCCc2ccc(O)cc2)c(=O)oc2cc3oc4c(c3cc12)CCCC4. The van der Waals surface area contributed by atoms with Gasteiger partial charge in [0.05, 0.1) is 0 Å². The molecule has 0 fully saturated rings. The molecular weight excluding hydrogens is 418 g/mol. The number of benzene rings is 2. The van der Waals surface area contributed by atoms with E-state index in [-0.39, 0.29) is 18.1 Å². The first-order valence-electron chi connectivity index (χ1n) is 11.5. The van der Waals surface area contributed by atoms with Crippen molar-refractivity contribution in [1.29, 1.82) is 0 Å². The number of carbonyl (C=O) groups is 1. The number of furan rings is 1. The zero-order valence-electron chi connectivity index (χ0n) is 18.7. The second-order valence-electron chi connectivity index (χ2n) is 8.81. The van der Waals surface area contributed by atoms with E-state index in [4.69, 9.17) is 8.83 Å². The average Bonchev–Trinajstić information content (AvgIpc) is 3.16. The molecule has 1 aliphatic carbocycles. The Morgan fingerprint density at radius 2 is 1.76 bits per heavy atom. The molecule has 4 aromatic rings. The number of hydrogen-bond acceptors (Lipinski definition) is 5. The van der Waals surface area contributed by atoms with E-state index in [1.165, 1.54) is 5.56 Å². The van der Waals surface area contributed by atoms with Crippen molar-refractivity contribution in [2.75, 3.05) is 6.54 Å². The first-order chi connectivity index (χ1) is 16.0. The lowest BCUT2D eigenvalue weighted by Crippen LogP contribution is -2.26. The highest BCUT2D eigenvalue weighted by Crippen LogP contribution is 2.35. The molecule has 2 aromatic carbocycles. The number of nitrogens with one attached hydrogen (secondary N) is 1. The molecule has 0 saturated carbocycles. The number of carbonyl (C=O) groups excluding carboxylic acids is 1. The first kappa shape index (κ1) is 21.3. The van der Waals surface area contributed by atoms with E-state index >= 15 is 0 Å². The van der Waals surface area contributed by atoms with Crippen LogP contribution in [0.2, 0.25) is 0 Å². The summed E-state index contributed by atoms with van der Waals surface area (Å²) < 4.78 is 11.7. The highest BCUT2D eigenvalue weighted by Gasteiger charge is 2.20. The summed E-state index contributed by atoms with van der Waals surface area (Å²) in [5.74, 6) is 1.17. The molecule has 2 aromatic heterocycles. The molecule has 6 heteroatoms. The van der Waals surface area contributed by atoms with Crippen LogP contribution in [-0.2, 0) is 30.5 Å². The maximum Gasteiger partial charge on any atom is 0.339 e. The third-order valence-electron chi connectivity index (χ3n) is 6.64. The van der Waals surface area contributed by atoms with Crippen LogP contribution < -0.4 is 10.9 Å². The van der Waals surface area contributed by atoms with Crippen LogP contribution >= 0.6 is 0 Å². The van der Waals surface area contributed by atoms with Crippen molar-refractivity contribution in [1.82, 2.24) is 5.32 Å². The van der Waals surface area contributed by atoms with Crippen molar-refractivity contribution < 1.29 is 18.7 Å². The Hall–Kier alpha value is -3.54. The maximum atomic E-state index is 12.7. The minimum atomic E-state index is -0.396. The number of phenols is 1. The zero-order chi connectivity index (χ0) is 22.9. The van der Waals surface area contributed by atoms with Gasteiger partial charge in [-0.15, -0.1) is 0 Å². The summed E-state index contributed by atoms with van der Waals surface area (Å²) in [5, 5.41) is 14.3. The number of hydrogen-bond donors (Lipinski definition) is 2. The molecule has 0 radical (unpaired) electrons. The van der Waals surface area contributed by atoms with Gasteiger partial charge in [-0.1, -0.05) is 12.1 Å². The van der Waals surface area contributed by atoms with E-state index in [9.17, 15) is 14.7 Å². The fourth-order valence-electron chi connectivity index (χ4n) is 4.77. The van der Waals surface area contributed by atoms with Gasteiger partial charge in [-0.3, -0.25) is 4.79 Å². The number of fused-ring (bicyclic) bond motifs is 4. The fraction of sp³-hybridized carbons (Fsp3) is 0.333. The summed E-state index contributed by atoms with van der Waals surface area (Å²) in [4.78, 5) is 25.0. The summed E-state index contributed by atoms with van der Waals surface area (Å²) in [7, 11) is 0. The van der Waals surface area contributed by atoms with Crippen molar-refractivity contribution in [3.8, 4) is 5.75 Å². The lowest BCUT2D eigenvalue weighted by molar-refractivity contribution is -0.121. The third-order valence-corrected chi connectivity index (χ3v) is 6.64. The van der Waals surface area contributed by atoms with Crippen LogP contribution in [0.25, 0.3) is 21.9 Å². The molecule has 2 heterocycles. The Bertz CT molecular complexity index is 1390. The van der Waals surface area contributed by atoms with Crippen LogP contribution in [0.3, 0.4) is 0 Å². The molecule has 0 atom stereocenters. The molecule has 0 aliphatic heterocycles. The number of amides is 1. The topological polar surface area (TPSA) is 92.7 Å². The summed E-state index contributed by atoms with van der Waals surface area (Å²) in [6.45, 7) is 2.42. The highest BCUT2D eigenvalue weighted by molar-refractivity contribution is 5.97. The average molecular weight is 446 g/mol. The van der Waals surface area contributed by atoms with Crippen LogP contribution in [0.15, 0.2) is 50.0 Å². The Morgan fingerprint density at radius 1 is 1.00 bits per heavy atom. The van der Waals surface area contributed by atoms with Crippen LogP contribution in [0, 0.1) is 6.92 Å². The van der Waals surface area contributed by atoms with Crippen LogP contribution in [0.4, 0.5) is 0 Å². The molecule has 0 bridgehead atoms. The normalized spacial score (nSPS) is 13.4. The number of aromatic hydroxyl groups is 1. The van der Waals surface area contributed by atoms with Crippen LogP contribution in [0.5, 0.6) is 5.75 Å².